The highest BCUT2D eigenvalue weighted by Gasteiger charge is 2.18. The van der Waals surface area contributed by atoms with Crippen molar-refractivity contribution >= 4 is 17.5 Å². The monoisotopic (exact) mass is 422 g/mol. The van der Waals surface area contributed by atoms with Gasteiger partial charge in [0.1, 0.15) is 6.61 Å². The Morgan fingerprint density at radius 2 is 1.74 bits per heavy atom. The lowest BCUT2D eigenvalue weighted by Gasteiger charge is -2.23. The first-order valence-corrected chi connectivity index (χ1v) is 10.7. The highest BCUT2D eigenvalue weighted by atomic mass is 16.5. The Labute approximate surface area is 183 Å². The molecule has 0 saturated heterocycles. The van der Waals surface area contributed by atoms with Gasteiger partial charge in [0, 0.05) is 22.9 Å². The molecular formula is C25H30N2O4. The summed E-state index contributed by atoms with van der Waals surface area (Å²) in [6, 6.07) is 10.6. The van der Waals surface area contributed by atoms with Gasteiger partial charge in [-0.15, -0.1) is 0 Å². The van der Waals surface area contributed by atoms with E-state index < -0.39 is 0 Å². The number of methoxy groups -OCH3 is 1. The van der Waals surface area contributed by atoms with E-state index in [4.69, 9.17) is 9.47 Å². The summed E-state index contributed by atoms with van der Waals surface area (Å²) in [6.07, 6.45) is 7.31. The molecule has 0 atom stereocenters. The van der Waals surface area contributed by atoms with Gasteiger partial charge in [-0.05, 0) is 61.7 Å². The molecule has 0 bridgehead atoms. The molecule has 1 aliphatic carbocycles. The summed E-state index contributed by atoms with van der Waals surface area (Å²) in [5.41, 5.74) is 2.53. The van der Waals surface area contributed by atoms with E-state index in [2.05, 4.69) is 17.2 Å². The first-order chi connectivity index (χ1) is 15.0. The SMILES string of the molecule is C=CCOc1ccc(C(=O)Nc2ccc(C(=O)NC3CCCCC3)cc2C)cc1OC. The molecule has 2 aromatic carbocycles. The molecule has 0 spiro atoms. The average molecular weight is 423 g/mol. The molecule has 0 heterocycles. The molecule has 2 amide bonds. The second kappa shape index (κ2) is 10.7. The van der Waals surface area contributed by atoms with Crippen LogP contribution < -0.4 is 20.1 Å². The molecule has 1 aliphatic rings. The summed E-state index contributed by atoms with van der Waals surface area (Å²) in [5.74, 6) is 0.688. The molecule has 6 heteroatoms. The van der Waals surface area contributed by atoms with Crippen molar-refractivity contribution in [3.63, 3.8) is 0 Å². The summed E-state index contributed by atoms with van der Waals surface area (Å²) in [4.78, 5) is 25.3. The second-order valence-corrected chi connectivity index (χ2v) is 7.76. The zero-order chi connectivity index (χ0) is 22.2. The summed E-state index contributed by atoms with van der Waals surface area (Å²) in [6.45, 7) is 5.85. The predicted octanol–water partition coefficient (Wildman–Crippen LogP) is 4.88. The minimum atomic E-state index is -0.268. The minimum absolute atomic E-state index is 0.0623. The van der Waals surface area contributed by atoms with Crippen molar-refractivity contribution in [1.29, 1.82) is 0 Å². The molecule has 0 radical (unpaired) electrons. The van der Waals surface area contributed by atoms with Crippen molar-refractivity contribution in [1.82, 2.24) is 5.32 Å². The lowest BCUT2D eigenvalue weighted by atomic mass is 9.95. The van der Waals surface area contributed by atoms with Gasteiger partial charge in [0.2, 0.25) is 0 Å². The first-order valence-electron chi connectivity index (χ1n) is 10.7. The van der Waals surface area contributed by atoms with Gasteiger partial charge in [-0.3, -0.25) is 9.59 Å². The Balaban J connectivity index is 1.67. The van der Waals surface area contributed by atoms with E-state index in [1.165, 1.54) is 26.4 Å². The quantitative estimate of drug-likeness (QED) is 0.594. The zero-order valence-corrected chi connectivity index (χ0v) is 18.2. The summed E-state index contributed by atoms with van der Waals surface area (Å²) >= 11 is 0. The number of amides is 2. The topological polar surface area (TPSA) is 76.7 Å². The molecule has 0 aromatic heterocycles. The normalized spacial score (nSPS) is 13.9. The number of carbonyl (C=O) groups is 2. The number of carbonyl (C=O) groups excluding carboxylic acids is 2. The average Bonchev–Trinajstić information content (AvgIpc) is 2.79. The van der Waals surface area contributed by atoms with Crippen LogP contribution in [0, 0.1) is 6.92 Å². The van der Waals surface area contributed by atoms with Gasteiger partial charge < -0.3 is 20.1 Å². The molecule has 31 heavy (non-hydrogen) atoms. The predicted molar refractivity (Wildman–Crippen MR) is 122 cm³/mol. The van der Waals surface area contributed by atoms with Crippen molar-refractivity contribution in [2.75, 3.05) is 19.0 Å². The van der Waals surface area contributed by atoms with E-state index in [1.54, 1.807) is 42.5 Å². The van der Waals surface area contributed by atoms with Gasteiger partial charge in [0.05, 0.1) is 7.11 Å². The molecule has 6 nitrogen and oxygen atoms in total. The van der Waals surface area contributed by atoms with Crippen LogP contribution in [0.5, 0.6) is 11.5 Å². The highest BCUT2D eigenvalue weighted by Crippen LogP contribution is 2.29. The van der Waals surface area contributed by atoms with Crippen molar-refractivity contribution < 1.29 is 19.1 Å². The zero-order valence-electron chi connectivity index (χ0n) is 18.2. The molecule has 3 rings (SSSR count). The van der Waals surface area contributed by atoms with Crippen molar-refractivity contribution in [2.24, 2.45) is 0 Å². The van der Waals surface area contributed by atoms with Crippen molar-refractivity contribution in [2.45, 2.75) is 45.1 Å². The Morgan fingerprint density at radius 3 is 2.42 bits per heavy atom. The van der Waals surface area contributed by atoms with Gasteiger partial charge in [-0.1, -0.05) is 31.9 Å². The Kier molecular flexibility index (Phi) is 7.70. The fourth-order valence-electron chi connectivity index (χ4n) is 3.73. The largest absolute Gasteiger partial charge is 0.493 e. The Morgan fingerprint density at radius 1 is 1.03 bits per heavy atom. The van der Waals surface area contributed by atoms with E-state index in [9.17, 15) is 9.59 Å². The third kappa shape index (κ3) is 5.87. The number of hydrogen-bond acceptors (Lipinski definition) is 4. The molecule has 2 aromatic rings. The number of aryl methyl sites for hydroxylation is 1. The van der Waals surface area contributed by atoms with Crippen LogP contribution in [0.25, 0.3) is 0 Å². The number of ether oxygens (including phenoxy) is 2. The first kappa shape index (κ1) is 22.4. The maximum atomic E-state index is 12.7. The van der Waals surface area contributed by atoms with Crippen LogP contribution in [0.1, 0.15) is 58.4 Å². The standard InChI is InChI=1S/C25H30N2O4/c1-4-14-31-22-13-11-19(16-23(22)30-3)25(29)27-21-12-10-18(15-17(21)2)24(28)26-20-8-6-5-7-9-20/h4,10-13,15-16,20H,1,5-9,14H2,2-3H3,(H,26,28)(H,27,29). The maximum absolute atomic E-state index is 12.7. The number of hydrogen-bond donors (Lipinski definition) is 2. The third-order valence-electron chi connectivity index (χ3n) is 5.46. The van der Waals surface area contributed by atoms with Crippen LogP contribution in [0.4, 0.5) is 5.69 Å². The van der Waals surface area contributed by atoms with E-state index in [1.807, 2.05) is 6.92 Å². The van der Waals surface area contributed by atoms with E-state index >= 15 is 0 Å². The van der Waals surface area contributed by atoms with E-state index in [0.717, 1.165) is 18.4 Å². The van der Waals surface area contributed by atoms with E-state index in [0.29, 0.717) is 34.9 Å². The Bertz CT molecular complexity index is 949. The van der Waals surface area contributed by atoms with Gasteiger partial charge in [-0.25, -0.2) is 0 Å². The summed E-state index contributed by atoms with van der Waals surface area (Å²) in [5, 5.41) is 6.03. The summed E-state index contributed by atoms with van der Waals surface area (Å²) < 4.78 is 10.9. The fraction of sp³-hybridized carbons (Fsp3) is 0.360. The molecule has 1 fully saturated rings. The van der Waals surface area contributed by atoms with Crippen LogP contribution in [-0.2, 0) is 0 Å². The number of anilines is 1. The maximum Gasteiger partial charge on any atom is 0.255 e. The van der Waals surface area contributed by atoms with Gasteiger partial charge in [-0.2, -0.15) is 0 Å². The Hall–Kier alpha value is -3.28. The van der Waals surface area contributed by atoms with Gasteiger partial charge in [0.15, 0.2) is 11.5 Å². The molecular weight excluding hydrogens is 392 g/mol. The fourth-order valence-corrected chi connectivity index (χ4v) is 3.73. The van der Waals surface area contributed by atoms with Crippen LogP contribution in [0.2, 0.25) is 0 Å². The van der Waals surface area contributed by atoms with Crippen molar-refractivity contribution in [3.8, 4) is 11.5 Å². The number of nitrogens with one attached hydrogen (secondary N) is 2. The van der Waals surface area contributed by atoms with Gasteiger partial charge >= 0.3 is 0 Å². The molecule has 0 unspecified atom stereocenters. The number of benzene rings is 2. The van der Waals surface area contributed by atoms with Crippen LogP contribution >= 0.6 is 0 Å². The smallest absolute Gasteiger partial charge is 0.255 e. The number of rotatable bonds is 8. The lowest BCUT2D eigenvalue weighted by Crippen LogP contribution is -2.36. The van der Waals surface area contributed by atoms with Gasteiger partial charge in [0.25, 0.3) is 11.8 Å². The van der Waals surface area contributed by atoms with Crippen molar-refractivity contribution in [3.05, 3.63) is 65.7 Å². The van der Waals surface area contributed by atoms with Crippen LogP contribution in [0.15, 0.2) is 49.1 Å². The molecule has 164 valence electrons. The van der Waals surface area contributed by atoms with Crippen LogP contribution in [0.3, 0.4) is 0 Å². The third-order valence-corrected chi connectivity index (χ3v) is 5.46. The second-order valence-electron chi connectivity index (χ2n) is 7.76. The molecule has 1 saturated carbocycles. The lowest BCUT2D eigenvalue weighted by molar-refractivity contribution is 0.0927. The van der Waals surface area contributed by atoms with Crippen LogP contribution in [-0.4, -0.2) is 31.6 Å². The minimum Gasteiger partial charge on any atom is -0.493 e. The molecule has 0 aliphatic heterocycles. The summed E-state index contributed by atoms with van der Waals surface area (Å²) in [7, 11) is 1.53. The molecule has 2 N–H and O–H groups in total. The van der Waals surface area contributed by atoms with E-state index in [-0.39, 0.29) is 17.9 Å². The highest BCUT2D eigenvalue weighted by molar-refractivity contribution is 6.05.